The van der Waals surface area contributed by atoms with Gasteiger partial charge in [0.2, 0.25) is 0 Å². The number of aromatic nitrogens is 2. The fourth-order valence-electron chi connectivity index (χ4n) is 2.27. The molecule has 0 aromatic carbocycles. The third-order valence-corrected chi connectivity index (χ3v) is 3.68. The summed E-state index contributed by atoms with van der Waals surface area (Å²) < 4.78 is 13.9. The molecule has 2 N–H and O–H groups in total. The molecule has 118 valence electrons. The normalized spacial score (nSPS) is 12.4. The number of nitrogens with zero attached hydrogens (tertiary/aromatic N) is 2. The Bertz CT molecular complexity index is 466. The second kappa shape index (κ2) is 8.54. The average Bonchev–Trinajstić information content (AvgIpc) is 2.43. The number of carboxylic acid groups (broad SMARTS) is 1. The lowest BCUT2D eigenvalue weighted by atomic mass is 9.88. The Balaban J connectivity index is 2.52. The molecule has 1 aromatic rings. The Morgan fingerprint density at radius 3 is 2.67 bits per heavy atom. The Morgan fingerprint density at radius 1 is 1.38 bits per heavy atom. The zero-order valence-electron chi connectivity index (χ0n) is 12.9. The van der Waals surface area contributed by atoms with Crippen LogP contribution in [0.2, 0.25) is 0 Å². The maximum absolute atomic E-state index is 13.9. The van der Waals surface area contributed by atoms with Crippen molar-refractivity contribution in [2.45, 2.75) is 46.5 Å². The van der Waals surface area contributed by atoms with Gasteiger partial charge in [-0.3, -0.25) is 4.79 Å². The third-order valence-electron chi connectivity index (χ3n) is 3.68. The number of anilines is 1. The number of rotatable bonds is 9. The standard InChI is InChI=1S/C15H24FN3O2/c1-4-12-14(16)15(19-9-18-12)17-8-7-11(10(2)3)5-6-13(20)21/h9-11H,4-8H2,1-3H3,(H,20,21)(H,17,18,19). The van der Waals surface area contributed by atoms with Crippen molar-refractivity contribution >= 4 is 11.8 Å². The van der Waals surface area contributed by atoms with Gasteiger partial charge in [0.15, 0.2) is 11.6 Å². The van der Waals surface area contributed by atoms with Gasteiger partial charge in [0.1, 0.15) is 6.33 Å². The number of nitrogens with one attached hydrogen (secondary N) is 1. The lowest BCUT2D eigenvalue weighted by molar-refractivity contribution is -0.137. The van der Waals surface area contributed by atoms with Crippen LogP contribution in [0.1, 0.15) is 45.7 Å². The molecular formula is C15H24FN3O2. The van der Waals surface area contributed by atoms with Gasteiger partial charge in [-0.25, -0.2) is 14.4 Å². The second-order valence-corrected chi connectivity index (χ2v) is 5.49. The van der Waals surface area contributed by atoms with Crippen LogP contribution in [0.15, 0.2) is 6.33 Å². The summed E-state index contributed by atoms with van der Waals surface area (Å²) in [6.45, 7) is 6.56. The summed E-state index contributed by atoms with van der Waals surface area (Å²) in [5, 5.41) is 11.7. The van der Waals surface area contributed by atoms with Crippen molar-refractivity contribution in [3.63, 3.8) is 0 Å². The molecule has 6 heteroatoms. The van der Waals surface area contributed by atoms with Crippen molar-refractivity contribution in [1.82, 2.24) is 9.97 Å². The van der Waals surface area contributed by atoms with Crippen LogP contribution in [0, 0.1) is 17.7 Å². The third kappa shape index (κ3) is 5.65. The highest BCUT2D eigenvalue weighted by atomic mass is 19.1. The largest absolute Gasteiger partial charge is 0.481 e. The molecule has 1 atom stereocenters. The summed E-state index contributed by atoms with van der Waals surface area (Å²) in [5.41, 5.74) is 0.402. The van der Waals surface area contributed by atoms with Gasteiger partial charge in [-0.05, 0) is 31.1 Å². The first-order valence-electron chi connectivity index (χ1n) is 7.40. The van der Waals surface area contributed by atoms with Gasteiger partial charge in [0, 0.05) is 13.0 Å². The highest BCUT2D eigenvalue weighted by molar-refractivity contribution is 5.66. The van der Waals surface area contributed by atoms with Gasteiger partial charge in [0.05, 0.1) is 5.69 Å². The number of carbonyl (C=O) groups is 1. The lowest BCUT2D eigenvalue weighted by Crippen LogP contribution is -2.17. The number of aliphatic carboxylic acids is 1. The van der Waals surface area contributed by atoms with E-state index in [-0.39, 0.29) is 12.2 Å². The van der Waals surface area contributed by atoms with Gasteiger partial charge >= 0.3 is 5.97 Å². The topological polar surface area (TPSA) is 75.1 Å². The molecule has 0 radical (unpaired) electrons. The average molecular weight is 297 g/mol. The highest BCUT2D eigenvalue weighted by Crippen LogP contribution is 2.21. The monoisotopic (exact) mass is 297 g/mol. The molecule has 0 amide bonds. The maximum atomic E-state index is 13.9. The van der Waals surface area contributed by atoms with Gasteiger partial charge in [0.25, 0.3) is 0 Å². The van der Waals surface area contributed by atoms with E-state index < -0.39 is 11.8 Å². The van der Waals surface area contributed by atoms with Crippen LogP contribution in [0.5, 0.6) is 0 Å². The van der Waals surface area contributed by atoms with Crippen molar-refractivity contribution in [2.75, 3.05) is 11.9 Å². The van der Waals surface area contributed by atoms with Crippen LogP contribution in [-0.2, 0) is 11.2 Å². The van der Waals surface area contributed by atoms with Crippen LogP contribution in [0.4, 0.5) is 10.2 Å². The first-order valence-corrected chi connectivity index (χ1v) is 7.40. The van der Waals surface area contributed by atoms with E-state index in [0.29, 0.717) is 36.9 Å². The zero-order chi connectivity index (χ0) is 15.8. The number of carboxylic acids is 1. The van der Waals surface area contributed by atoms with Crippen molar-refractivity contribution in [3.05, 3.63) is 17.8 Å². The van der Waals surface area contributed by atoms with Crippen LogP contribution in [-0.4, -0.2) is 27.6 Å². The van der Waals surface area contributed by atoms with Crippen LogP contribution >= 0.6 is 0 Å². The van der Waals surface area contributed by atoms with E-state index in [0.717, 1.165) is 6.42 Å². The predicted octanol–water partition coefficient (Wildman–Crippen LogP) is 3.12. The fourth-order valence-corrected chi connectivity index (χ4v) is 2.27. The number of halogens is 1. The summed E-state index contributed by atoms with van der Waals surface area (Å²) in [4.78, 5) is 18.5. The molecule has 1 heterocycles. The van der Waals surface area contributed by atoms with Crippen LogP contribution < -0.4 is 5.32 Å². The first-order chi connectivity index (χ1) is 9.95. The summed E-state index contributed by atoms with van der Waals surface area (Å²) in [6, 6.07) is 0. The second-order valence-electron chi connectivity index (χ2n) is 5.49. The fraction of sp³-hybridized carbons (Fsp3) is 0.667. The summed E-state index contributed by atoms with van der Waals surface area (Å²) in [5.74, 6) is -0.256. The molecule has 0 spiro atoms. The van der Waals surface area contributed by atoms with E-state index >= 15 is 0 Å². The van der Waals surface area contributed by atoms with Crippen molar-refractivity contribution in [1.29, 1.82) is 0 Å². The summed E-state index contributed by atoms with van der Waals surface area (Å²) in [7, 11) is 0. The van der Waals surface area contributed by atoms with E-state index in [1.54, 1.807) is 0 Å². The smallest absolute Gasteiger partial charge is 0.303 e. The molecule has 0 saturated carbocycles. The molecule has 0 aliphatic heterocycles. The molecule has 0 bridgehead atoms. The molecule has 0 aliphatic rings. The Hall–Kier alpha value is -1.72. The van der Waals surface area contributed by atoms with E-state index in [4.69, 9.17) is 5.11 Å². The van der Waals surface area contributed by atoms with E-state index in [1.165, 1.54) is 6.33 Å². The van der Waals surface area contributed by atoms with Crippen LogP contribution in [0.3, 0.4) is 0 Å². The molecule has 0 saturated heterocycles. The van der Waals surface area contributed by atoms with Gasteiger partial charge in [-0.15, -0.1) is 0 Å². The number of aryl methyl sites for hydroxylation is 1. The minimum absolute atomic E-state index is 0.171. The first kappa shape index (κ1) is 17.3. The van der Waals surface area contributed by atoms with Crippen LogP contribution in [0.25, 0.3) is 0 Å². The Morgan fingerprint density at radius 2 is 2.10 bits per heavy atom. The predicted molar refractivity (Wildman–Crippen MR) is 79.7 cm³/mol. The van der Waals surface area contributed by atoms with Crippen molar-refractivity contribution < 1.29 is 14.3 Å². The molecule has 0 fully saturated rings. The SMILES string of the molecule is CCc1ncnc(NCCC(CCC(=O)O)C(C)C)c1F. The number of hydrogen-bond donors (Lipinski definition) is 2. The highest BCUT2D eigenvalue weighted by Gasteiger charge is 2.15. The molecular weight excluding hydrogens is 273 g/mol. The zero-order valence-corrected chi connectivity index (χ0v) is 12.9. The minimum atomic E-state index is -0.775. The van der Waals surface area contributed by atoms with E-state index in [9.17, 15) is 9.18 Å². The summed E-state index contributed by atoms with van der Waals surface area (Å²) in [6.07, 6.45) is 3.48. The summed E-state index contributed by atoms with van der Waals surface area (Å²) >= 11 is 0. The van der Waals surface area contributed by atoms with Crippen molar-refractivity contribution in [3.8, 4) is 0 Å². The lowest BCUT2D eigenvalue weighted by Gasteiger charge is -2.20. The molecule has 1 rings (SSSR count). The Labute approximate surface area is 125 Å². The molecule has 1 aromatic heterocycles. The van der Waals surface area contributed by atoms with Gasteiger partial charge in [-0.2, -0.15) is 0 Å². The minimum Gasteiger partial charge on any atom is -0.481 e. The van der Waals surface area contributed by atoms with E-state index in [2.05, 4.69) is 29.1 Å². The Kier molecular flexibility index (Phi) is 7.05. The van der Waals surface area contributed by atoms with Crippen molar-refractivity contribution in [2.24, 2.45) is 11.8 Å². The molecule has 1 unspecified atom stereocenters. The number of hydrogen-bond acceptors (Lipinski definition) is 4. The maximum Gasteiger partial charge on any atom is 0.303 e. The quantitative estimate of drug-likeness (QED) is 0.732. The molecule has 21 heavy (non-hydrogen) atoms. The van der Waals surface area contributed by atoms with Gasteiger partial charge < -0.3 is 10.4 Å². The molecule has 0 aliphatic carbocycles. The van der Waals surface area contributed by atoms with Gasteiger partial charge in [-0.1, -0.05) is 20.8 Å². The van der Waals surface area contributed by atoms with E-state index in [1.807, 2.05) is 6.92 Å². The molecule has 5 nitrogen and oxygen atoms in total.